The van der Waals surface area contributed by atoms with E-state index in [4.69, 9.17) is 5.73 Å². The minimum Gasteiger partial charge on any atom is -0.317 e. The zero-order chi connectivity index (χ0) is 9.97. The number of fused-ring (bicyclic) bond motifs is 1. The molecule has 4 heterocycles. The standard InChI is InChI=1S/C10H17N3O/c1-9-4-12-2-3-13(5-9)7-10(11,6-12)8(9)14/h2-7,11H2,1H3. The van der Waals surface area contributed by atoms with Gasteiger partial charge < -0.3 is 5.73 Å². The fraction of sp³-hybridized carbons (Fsp3) is 0.900. The molecular weight excluding hydrogens is 178 g/mol. The van der Waals surface area contributed by atoms with Crippen molar-refractivity contribution in [2.24, 2.45) is 11.1 Å². The molecule has 0 saturated carbocycles. The van der Waals surface area contributed by atoms with Crippen molar-refractivity contribution in [1.82, 2.24) is 9.80 Å². The zero-order valence-corrected chi connectivity index (χ0v) is 8.62. The second-order valence-electron chi connectivity index (χ2n) is 5.47. The molecule has 0 amide bonds. The van der Waals surface area contributed by atoms with Crippen molar-refractivity contribution < 1.29 is 4.79 Å². The molecule has 2 unspecified atom stereocenters. The maximum Gasteiger partial charge on any atom is 0.163 e. The molecular formula is C10H17N3O. The van der Waals surface area contributed by atoms with Gasteiger partial charge in [0, 0.05) is 39.3 Å². The highest BCUT2D eigenvalue weighted by atomic mass is 16.1. The van der Waals surface area contributed by atoms with E-state index in [2.05, 4.69) is 16.7 Å². The third-order valence-corrected chi connectivity index (χ3v) is 3.89. The van der Waals surface area contributed by atoms with Gasteiger partial charge in [-0.15, -0.1) is 0 Å². The molecule has 0 aromatic rings. The molecule has 4 saturated heterocycles. The molecule has 4 heteroatoms. The molecule has 0 aromatic carbocycles. The average Bonchev–Trinajstić information content (AvgIpc) is 2.28. The molecule has 4 fully saturated rings. The summed E-state index contributed by atoms with van der Waals surface area (Å²) in [5.41, 5.74) is 5.43. The van der Waals surface area contributed by atoms with Crippen molar-refractivity contribution in [3.05, 3.63) is 0 Å². The van der Waals surface area contributed by atoms with Crippen molar-refractivity contribution in [3.8, 4) is 0 Å². The van der Waals surface area contributed by atoms with Gasteiger partial charge in [-0.2, -0.15) is 0 Å². The van der Waals surface area contributed by atoms with Gasteiger partial charge in [0.15, 0.2) is 5.78 Å². The number of carbonyl (C=O) groups excluding carboxylic acids is 1. The Hall–Kier alpha value is -0.450. The first-order valence-electron chi connectivity index (χ1n) is 5.30. The van der Waals surface area contributed by atoms with Gasteiger partial charge in [0.2, 0.25) is 0 Å². The van der Waals surface area contributed by atoms with E-state index in [9.17, 15) is 4.79 Å². The number of hydrogen-bond donors (Lipinski definition) is 1. The van der Waals surface area contributed by atoms with E-state index in [1.807, 2.05) is 0 Å². The molecule has 4 bridgehead atoms. The van der Waals surface area contributed by atoms with Crippen LogP contribution < -0.4 is 5.73 Å². The van der Waals surface area contributed by atoms with Crippen LogP contribution in [0.3, 0.4) is 0 Å². The average molecular weight is 195 g/mol. The van der Waals surface area contributed by atoms with Crippen LogP contribution in [0.2, 0.25) is 0 Å². The molecule has 4 nitrogen and oxygen atoms in total. The lowest BCUT2D eigenvalue weighted by molar-refractivity contribution is -0.145. The number of piperidine rings is 2. The number of hydrogen-bond acceptors (Lipinski definition) is 4. The van der Waals surface area contributed by atoms with Gasteiger partial charge in [0.25, 0.3) is 0 Å². The third-order valence-electron chi connectivity index (χ3n) is 3.89. The summed E-state index contributed by atoms with van der Waals surface area (Å²) in [7, 11) is 0. The van der Waals surface area contributed by atoms with Gasteiger partial charge in [-0.3, -0.25) is 14.6 Å². The van der Waals surface area contributed by atoms with Crippen molar-refractivity contribution >= 4 is 5.78 Å². The summed E-state index contributed by atoms with van der Waals surface area (Å²) in [6.45, 7) is 7.54. The van der Waals surface area contributed by atoms with Crippen molar-refractivity contribution in [1.29, 1.82) is 0 Å². The maximum atomic E-state index is 12.2. The molecule has 0 spiro atoms. The minimum absolute atomic E-state index is 0.207. The highest BCUT2D eigenvalue weighted by Gasteiger charge is 2.57. The summed E-state index contributed by atoms with van der Waals surface area (Å²) in [6, 6.07) is 0. The summed E-state index contributed by atoms with van der Waals surface area (Å²) < 4.78 is 0. The van der Waals surface area contributed by atoms with Crippen molar-refractivity contribution in [2.75, 3.05) is 39.3 Å². The maximum absolute atomic E-state index is 12.2. The fourth-order valence-corrected chi connectivity index (χ4v) is 3.48. The van der Waals surface area contributed by atoms with Crippen molar-refractivity contribution in [2.45, 2.75) is 12.5 Å². The second kappa shape index (κ2) is 2.38. The Morgan fingerprint density at radius 3 is 2.07 bits per heavy atom. The fourth-order valence-electron chi connectivity index (χ4n) is 3.48. The van der Waals surface area contributed by atoms with E-state index in [0.29, 0.717) is 5.78 Å². The smallest absolute Gasteiger partial charge is 0.163 e. The van der Waals surface area contributed by atoms with Crippen LogP contribution in [0.4, 0.5) is 0 Å². The predicted molar refractivity (Wildman–Crippen MR) is 52.9 cm³/mol. The molecule has 0 aromatic heterocycles. The molecule has 0 radical (unpaired) electrons. The Kier molecular flexibility index (Phi) is 1.50. The van der Waals surface area contributed by atoms with Crippen LogP contribution >= 0.6 is 0 Å². The molecule has 2 atom stereocenters. The van der Waals surface area contributed by atoms with E-state index in [0.717, 1.165) is 39.3 Å². The Morgan fingerprint density at radius 1 is 1.14 bits per heavy atom. The topological polar surface area (TPSA) is 49.6 Å². The molecule has 4 aliphatic rings. The van der Waals surface area contributed by atoms with E-state index in [-0.39, 0.29) is 5.41 Å². The number of carbonyl (C=O) groups is 1. The van der Waals surface area contributed by atoms with Crippen LogP contribution in [0.5, 0.6) is 0 Å². The Morgan fingerprint density at radius 2 is 1.64 bits per heavy atom. The first-order valence-corrected chi connectivity index (χ1v) is 5.30. The van der Waals surface area contributed by atoms with Crippen LogP contribution in [0.1, 0.15) is 6.92 Å². The molecule has 2 N–H and O–H groups in total. The number of nitrogens with zero attached hydrogens (tertiary/aromatic N) is 2. The number of rotatable bonds is 0. The lowest BCUT2D eigenvalue weighted by atomic mass is 9.69. The molecule has 0 aliphatic carbocycles. The zero-order valence-electron chi connectivity index (χ0n) is 8.62. The van der Waals surface area contributed by atoms with Gasteiger partial charge in [-0.1, -0.05) is 6.92 Å². The highest BCUT2D eigenvalue weighted by Crippen LogP contribution is 2.38. The molecule has 4 rings (SSSR count). The minimum atomic E-state index is -0.582. The van der Waals surface area contributed by atoms with Gasteiger partial charge in [-0.25, -0.2) is 0 Å². The highest BCUT2D eigenvalue weighted by molar-refractivity contribution is 5.95. The number of nitrogens with two attached hydrogens (primary N) is 1. The van der Waals surface area contributed by atoms with Gasteiger partial charge in [-0.05, 0) is 0 Å². The first kappa shape index (κ1) is 8.83. The first-order chi connectivity index (χ1) is 6.52. The summed E-state index contributed by atoms with van der Waals surface area (Å²) in [4.78, 5) is 16.9. The number of ketones is 1. The van der Waals surface area contributed by atoms with Crippen molar-refractivity contribution in [3.63, 3.8) is 0 Å². The van der Waals surface area contributed by atoms with Crippen LogP contribution in [0.25, 0.3) is 0 Å². The largest absolute Gasteiger partial charge is 0.317 e. The van der Waals surface area contributed by atoms with Gasteiger partial charge in [0.1, 0.15) is 5.54 Å². The molecule has 4 aliphatic heterocycles. The molecule has 78 valence electrons. The number of Topliss-reactive ketones (excluding diaryl/α,β-unsaturated/α-hetero) is 1. The van der Waals surface area contributed by atoms with Crippen LogP contribution in [0, 0.1) is 5.41 Å². The SMILES string of the molecule is CC12CN3CCN(C1)CC(N)(C3)C2=O. The van der Waals surface area contributed by atoms with E-state index in [1.54, 1.807) is 0 Å². The van der Waals surface area contributed by atoms with E-state index in [1.165, 1.54) is 0 Å². The Labute approximate surface area is 84.0 Å². The monoisotopic (exact) mass is 195 g/mol. The van der Waals surface area contributed by atoms with Gasteiger partial charge >= 0.3 is 0 Å². The predicted octanol–water partition coefficient (Wildman–Crippen LogP) is -1.10. The Balaban J connectivity index is 2.09. The quantitative estimate of drug-likeness (QED) is 0.533. The lowest BCUT2D eigenvalue weighted by Gasteiger charge is -2.51. The normalized spacial score (nSPS) is 56.3. The van der Waals surface area contributed by atoms with Crippen LogP contribution in [0.15, 0.2) is 0 Å². The van der Waals surface area contributed by atoms with Gasteiger partial charge in [0.05, 0.1) is 5.41 Å². The van der Waals surface area contributed by atoms with Crippen LogP contribution in [-0.4, -0.2) is 60.4 Å². The van der Waals surface area contributed by atoms with E-state index >= 15 is 0 Å². The van der Waals surface area contributed by atoms with Crippen LogP contribution in [-0.2, 0) is 4.79 Å². The summed E-state index contributed by atoms with van der Waals surface area (Å²) in [5, 5.41) is 0. The second-order valence-corrected chi connectivity index (χ2v) is 5.47. The summed E-state index contributed by atoms with van der Waals surface area (Å²) >= 11 is 0. The Bertz CT molecular complexity index is 262. The summed E-state index contributed by atoms with van der Waals surface area (Å²) in [6.07, 6.45) is 0. The lowest BCUT2D eigenvalue weighted by Crippen LogP contribution is -2.74. The van der Waals surface area contributed by atoms with E-state index < -0.39 is 5.54 Å². The summed E-state index contributed by atoms with van der Waals surface area (Å²) in [5.74, 6) is 0.291. The molecule has 14 heavy (non-hydrogen) atoms. The third kappa shape index (κ3) is 0.962.